The Labute approximate surface area is 161 Å². The zero-order valence-electron chi connectivity index (χ0n) is 15.0. The molecule has 1 aliphatic carbocycles. The molecule has 4 heterocycles. The summed E-state index contributed by atoms with van der Waals surface area (Å²) in [5, 5.41) is 4.48. The van der Waals surface area contributed by atoms with Crippen LogP contribution < -0.4 is 10.2 Å². The summed E-state index contributed by atoms with van der Waals surface area (Å²) >= 11 is 3.27. The van der Waals surface area contributed by atoms with Gasteiger partial charge in [-0.1, -0.05) is 17.8 Å². The van der Waals surface area contributed by atoms with Crippen LogP contribution in [0.5, 0.6) is 0 Å². The standard InChI is InChI=1S/C19H25N3O2S2/c23-16(20-15-4-3-5-19(15)6-10-24-11-7-19)13-12-14-17(25-13)21-18(26-14)22-8-1-2-9-22/h12,15H,1-11H2,(H,20,23). The number of amides is 1. The van der Waals surface area contributed by atoms with Gasteiger partial charge in [0.15, 0.2) is 5.13 Å². The predicted molar refractivity (Wildman–Crippen MR) is 107 cm³/mol. The molecule has 1 saturated carbocycles. The van der Waals surface area contributed by atoms with Crippen LogP contribution in [-0.2, 0) is 4.74 Å². The highest BCUT2D eigenvalue weighted by atomic mass is 32.1. The Hall–Kier alpha value is -1.18. The van der Waals surface area contributed by atoms with Gasteiger partial charge in [0.1, 0.15) is 4.83 Å². The lowest BCUT2D eigenvalue weighted by Crippen LogP contribution is -2.46. The second kappa shape index (κ2) is 6.77. The van der Waals surface area contributed by atoms with E-state index in [1.165, 1.54) is 37.0 Å². The number of fused-ring (bicyclic) bond motifs is 1. The van der Waals surface area contributed by atoms with Crippen molar-refractivity contribution in [2.75, 3.05) is 31.2 Å². The summed E-state index contributed by atoms with van der Waals surface area (Å²) in [6.07, 6.45) is 8.22. The van der Waals surface area contributed by atoms with Gasteiger partial charge in [0.05, 0.1) is 9.58 Å². The van der Waals surface area contributed by atoms with Gasteiger partial charge in [-0.15, -0.1) is 11.3 Å². The van der Waals surface area contributed by atoms with Gasteiger partial charge in [-0.25, -0.2) is 4.98 Å². The van der Waals surface area contributed by atoms with Crippen molar-refractivity contribution in [1.82, 2.24) is 10.3 Å². The van der Waals surface area contributed by atoms with Crippen LogP contribution in [0.4, 0.5) is 5.13 Å². The van der Waals surface area contributed by atoms with E-state index in [-0.39, 0.29) is 11.3 Å². The van der Waals surface area contributed by atoms with Crippen LogP contribution in [0.2, 0.25) is 0 Å². The van der Waals surface area contributed by atoms with E-state index in [4.69, 9.17) is 9.72 Å². The van der Waals surface area contributed by atoms with Crippen LogP contribution in [-0.4, -0.2) is 43.2 Å². The van der Waals surface area contributed by atoms with Crippen molar-refractivity contribution in [3.05, 3.63) is 10.9 Å². The molecule has 5 rings (SSSR count). The summed E-state index contributed by atoms with van der Waals surface area (Å²) in [4.78, 5) is 21.8. The van der Waals surface area contributed by atoms with Gasteiger partial charge in [-0.05, 0) is 50.0 Å². The second-order valence-electron chi connectivity index (χ2n) is 7.86. The molecule has 7 heteroatoms. The topological polar surface area (TPSA) is 54.5 Å². The molecular formula is C19H25N3O2S2. The van der Waals surface area contributed by atoms with Crippen LogP contribution >= 0.6 is 22.7 Å². The fourth-order valence-electron chi connectivity index (χ4n) is 4.85. The molecular weight excluding hydrogens is 366 g/mol. The Bertz CT molecular complexity index is 771. The maximum Gasteiger partial charge on any atom is 0.261 e. The molecule has 3 fully saturated rings. The lowest BCUT2D eigenvalue weighted by molar-refractivity contribution is 0.00476. The number of hydrogen-bond acceptors (Lipinski definition) is 6. The number of nitrogens with one attached hydrogen (secondary N) is 1. The minimum absolute atomic E-state index is 0.0840. The number of thiazole rings is 1. The van der Waals surface area contributed by atoms with Crippen LogP contribution in [0.3, 0.4) is 0 Å². The molecule has 1 amide bonds. The zero-order valence-corrected chi connectivity index (χ0v) is 16.6. The third kappa shape index (κ3) is 2.94. The van der Waals surface area contributed by atoms with Crippen molar-refractivity contribution in [3.63, 3.8) is 0 Å². The summed E-state index contributed by atoms with van der Waals surface area (Å²) < 4.78 is 6.70. The largest absolute Gasteiger partial charge is 0.381 e. The van der Waals surface area contributed by atoms with Crippen molar-refractivity contribution in [3.8, 4) is 0 Å². The van der Waals surface area contributed by atoms with Gasteiger partial charge in [-0.2, -0.15) is 0 Å². The molecule has 2 aliphatic heterocycles. The number of aromatic nitrogens is 1. The minimum atomic E-state index is 0.0840. The van der Waals surface area contributed by atoms with Gasteiger partial charge >= 0.3 is 0 Å². The number of carbonyl (C=O) groups excluding carboxylic acids is 1. The van der Waals surface area contributed by atoms with Crippen LogP contribution in [0, 0.1) is 5.41 Å². The number of thiophene rings is 1. The molecule has 140 valence electrons. The lowest BCUT2D eigenvalue weighted by atomic mass is 9.75. The van der Waals surface area contributed by atoms with Crippen molar-refractivity contribution < 1.29 is 9.53 Å². The fourth-order valence-corrected chi connectivity index (χ4v) is 7.01. The van der Waals surface area contributed by atoms with E-state index in [9.17, 15) is 4.79 Å². The monoisotopic (exact) mass is 391 g/mol. The van der Waals surface area contributed by atoms with Gasteiger partial charge in [-0.3, -0.25) is 4.79 Å². The van der Waals surface area contributed by atoms with Crippen LogP contribution in [0.25, 0.3) is 9.53 Å². The Balaban J connectivity index is 1.31. The number of ether oxygens (including phenoxy) is 1. The Kier molecular flexibility index (Phi) is 4.41. The molecule has 0 bridgehead atoms. The third-order valence-electron chi connectivity index (χ3n) is 6.38. The molecule has 3 aliphatic rings. The number of anilines is 1. The quantitative estimate of drug-likeness (QED) is 0.858. The van der Waals surface area contributed by atoms with Crippen molar-refractivity contribution >= 4 is 43.2 Å². The molecule has 1 spiro atoms. The third-order valence-corrected chi connectivity index (χ3v) is 8.60. The zero-order chi connectivity index (χ0) is 17.6. The molecule has 5 nitrogen and oxygen atoms in total. The summed E-state index contributed by atoms with van der Waals surface area (Å²) in [6.45, 7) is 3.90. The van der Waals surface area contributed by atoms with E-state index in [0.29, 0.717) is 6.04 Å². The maximum absolute atomic E-state index is 12.9. The molecule has 1 atom stereocenters. The molecule has 1 unspecified atom stereocenters. The first-order chi connectivity index (χ1) is 12.7. The lowest BCUT2D eigenvalue weighted by Gasteiger charge is -2.39. The SMILES string of the molecule is O=C(NC1CCCC12CCOCC2)c1cc2sc(N3CCCC3)nc2s1. The van der Waals surface area contributed by atoms with Crippen molar-refractivity contribution in [2.45, 2.75) is 51.0 Å². The fraction of sp³-hybridized carbons (Fsp3) is 0.684. The van der Waals surface area contributed by atoms with Crippen LogP contribution in [0.15, 0.2) is 6.07 Å². The summed E-state index contributed by atoms with van der Waals surface area (Å²) in [5.41, 5.74) is 0.268. The first-order valence-corrected chi connectivity index (χ1v) is 11.4. The van der Waals surface area contributed by atoms with E-state index >= 15 is 0 Å². The molecule has 0 radical (unpaired) electrons. The first kappa shape index (κ1) is 17.0. The van der Waals surface area contributed by atoms with Gasteiger partial charge in [0, 0.05) is 32.3 Å². The molecule has 26 heavy (non-hydrogen) atoms. The predicted octanol–water partition coefficient (Wildman–Crippen LogP) is 4.04. The Morgan fingerprint density at radius 1 is 1.19 bits per heavy atom. The minimum Gasteiger partial charge on any atom is -0.381 e. The van der Waals surface area contributed by atoms with E-state index in [1.807, 2.05) is 6.07 Å². The molecule has 2 aromatic rings. The van der Waals surface area contributed by atoms with Gasteiger partial charge < -0.3 is 15.0 Å². The number of rotatable bonds is 3. The Morgan fingerprint density at radius 3 is 2.77 bits per heavy atom. The molecule has 2 saturated heterocycles. The normalized spacial score (nSPS) is 25.4. The number of nitrogens with zero attached hydrogens (tertiary/aromatic N) is 2. The number of hydrogen-bond donors (Lipinski definition) is 1. The second-order valence-corrected chi connectivity index (χ2v) is 9.90. The smallest absolute Gasteiger partial charge is 0.261 e. The van der Waals surface area contributed by atoms with Crippen molar-refractivity contribution in [1.29, 1.82) is 0 Å². The highest BCUT2D eigenvalue weighted by molar-refractivity contribution is 7.29. The van der Waals surface area contributed by atoms with E-state index in [1.54, 1.807) is 11.3 Å². The maximum atomic E-state index is 12.9. The Morgan fingerprint density at radius 2 is 2.00 bits per heavy atom. The molecule has 2 aromatic heterocycles. The summed E-state index contributed by atoms with van der Waals surface area (Å²) in [6, 6.07) is 2.34. The molecule has 0 aromatic carbocycles. The summed E-state index contributed by atoms with van der Waals surface area (Å²) in [7, 11) is 0. The van der Waals surface area contributed by atoms with Gasteiger partial charge in [0.25, 0.3) is 5.91 Å². The van der Waals surface area contributed by atoms with Crippen LogP contribution in [0.1, 0.15) is 54.6 Å². The van der Waals surface area contributed by atoms with Crippen molar-refractivity contribution in [2.24, 2.45) is 5.41 Å². The number of carbonyl (C=O) groups is 1. The highest BCUT2D eigenvalue weighted by Gasteiger charge is 2.44. The highest BCUT2D eigenvalue weighted by Crippen LogP contribution is 2.46. The van der Waals surface area contributed by atoms with E-state index < -0.39 is 0 Å². The van der Waals surface area contributed by atoms with E-state index in [2.05, 4.69) is 10.2 Å². The average molecular weight is 392 g/mol. The molecule has 1 N–H and O–H groups in total. The summed E-state index contributed by atoms with van der Waals surface area (Å²) in [5.74, 6) is 0.0840. The van der Waals surface area contributed by atoms with E-state index in [0.717, 1.165) is 65.1 Å². The first-order valence-electron chi connectivity index (χ1n) is 9.77. The average Bonchev–Trinajstić information content (AvgIpc) is 3.39. The van der Waals surface area contributed by atoms with Gasteiger partial charge in [0.2, 0.25) is 0 Å².